The SMILES string of the molecule is Cc1cccc2sc(NC(=O)N[C@@H]3CC(=O)N(c4ccc(F)cc4)C3)nc12. The molecule has 2 aromatic carbocycles. The van der Waals surface area contributed by atoms with E-state index in [1.54, 1.807) is 17.0 Å². The van der Waals surface area contributed by atoms with Crippen molar-refractivity contribution in [2.24, 2.45) is 0 Å². The fourth-order valence-corrected chi connectivity index (χ4v) is 4.07. The van der Waals surface area contributed by atoms with Crippen LogP contribution in [-0.2, 0) is 4.79 Å². The number of aromatic nitrogens is 1. The number of nitrogens with one attached hydrogen (secondary N) is 2. The number of anilines is 2. The zero-order chi connectivity index (χ0) is 19.0. The second kappa shape index (κ2) is 6.96. The maximum Gasteiger partial charge on any atom is 0.321 e. The van der Waals surface area contributed by atoms with Gasteiger partial charge in [-0.25, -0.2) is 14.2 Å². The summed E-state index contributed by atoms with van der Waals surface area (Å²) in [6, 6.07) is 10.9. The van der Waals surface area contributed by atoms with Gasteiger partial charge in [0.05, 0.1) is 16.3 Å². The Hall–Kier alpha value is -3.00. The summed E-state index contributed by atoms with van der Waals surface area (Å²) in [5.41, 5.74) is 2.54. The molecule has 1 aromatic heterocycles. The van der Waals surface area contributed by atoms with Gasteiger partial charge in [-0.15, -0.1) is 0 Å². The molecule has 1 atom stereocenters. The number of hydrogen-bond acceptors (Lipinski definition) is 4. The first kappa shape index (κ1) is 17.4. The molecule has 8 heteroatoms. The molecule has 1 aliphatic rings. The van der Waals surface area contributed by atoms with E-state index in [-0.39, 0.29) is 24.2 Å². The van der Waals surface area contributed by atoms with E-state index in [0.717, 1.165) is 15.8 Å². The average molecular weight is 384 g/mol. The molecule has 3 aromatic rings. The van der Waals surface area contributed by atoms with E-state index in [1.807, 2.05) is 25.1 Å². The molecular weight excluding hydrogens is 367 g/mol. The summed E-state index contributed by atoms with van der Waals surface area (Å²) in [6.07, 6.45) is 0.198. The predicted molar refractivity (Wildman–Crippen MR) is 104 cm³/mol. The molecule has 0 spiro atoms. The fraction of sp³-hybridized carbons (Fsp3) is 0.211. The van der Waals surface area contributed by atoms with Crippen LogP contribution < -0.4 is 15.5 Å². The molecule has 2 heterocycles. The van der Waals surface area contributed by atoms with Crippen LogP contribution in [0.2, 0.25) is 0 Å². The van der Waals surface area contributed by atoms with Crippen molar-refractivity contribution in [3.8, 4) is 0 Å². The average Bonchev–Trinajstić information content (AvgIpc) is 3.19. The van der Waals surface area contributed by atoms with Gasteiger partial charge in [0.1, 0.15) is 5.82 Å². The minimum atomic E-state index is -0.398. The van der Waals surface area contributed by atoms with Gasteiger partial charge in [0.25, 0.3) is 0 Å². The number of carbonyl (C=O) groups excluding carboxylic acids is 2. The van der Waals surface area contributed by atoms with Gasteiger partial charge in [-0.3, -0.25) is 10.1 Å². The van der Waals surface area contributed by atoms with E-state index in [1.165, 1.54) is 23.5 Å². The first-order valence-electron chi connectivity index (χ1n) is 8.49. The summed E-state index contributed by atoms with van der Waals surface area (Å²) in [4.78, 5) is 30.5. The van der Waals surface area contributed by atoms with Crippen LogP contribution in [-0.4, -0.2) is 29.5 Å². The Morgan fingerprint density at radius 1 is 1.26 bits per heavy atom. The van der Waals surface area contributed by atoms with Crippen molar-refractivity contribution < 1.29 is 14.0 Å². The van der Waals surface area contributed by atoms with Gasteiger partial charge in [0.15, 0.2) is 5.13 Å². The lowest BCUT2D eigenvalue weighted by atomic mass is 10.2. The Labute approximate surface area is 159 Å². The number of amides is 3. The quantitative estimate of drug-likeness (QED) is 0.724. The molecule has 138 valence electrons. The van der Waals surface area contributed by atoms with Gasteiger partial charge in [0, 0.05) is 18.7 Å². The normalized spacial score (nSPS) is 16.7. The lowest BCUT2D eigenvalue weighted by molar-refractivity contribution is -0.117. The van der Waals surface area contributed by atoms with E-state index in [9.17, 15) is 14.0 Å². The maximum atomic E-state index is 13.1. The molecule has 4 rings (SSSR count). The summed E-state index contributed by atoms with van der Waals surface area (Å²) >= 11 is 1.40. The molecule has 0 bridgehead atoms. The number of aryl methyl sites for hydroxylation is 1. The molecule has 2 N–H and O–H groups in total. The Kier molecular flexibility index (Phi) is 4.49. The number of benzene rings is 2. The number of halogens is 1. The first-order chi connectivity index (χ1) is 13.0. The van der Waals surface area contributed by atoms with Crippen molar-refractivity contribution in [1.82, 2.24) is 10.3 Å². The minimum Gasteiger partial charge on any atom is -0.333 e. The molecule has 3 amide bonds. The van der Waals surface area contributed by atoms with E-state index in [0.29, 0.717) is 17.4 Å². The van der Waals surface area contributed by atoms with Crippen molar-refractivity contribution in [3.63, 3.8) is 0 Å². The number of para-hydroxylation sites is 1. The predicted octanol–water partition coefficient (Wildman–Crippen LogP) is 3.67. The Morgan fingerprint density at radius 2 is 2.04 bits per heavy atom. The van der Waals surface area contributed by atoms with Crippen LogP contribution >= 0.6 is 11.3 Å². The summed E-state index contributed by atoms with van der Waals surface area (Å²) in [6.45, 7) is 2.32. The van der Waals surface area contributed by atoms with Crippen molar-refractivity contribution in [2.45, 2.75) is 19.4 Å². The highest BCUT2D eigenvalue weighted by molar-refractivity contribution is 7.22. The number of urea groups is 1. The number of hydrogen-bond donors (Lipinski definition) is 2. The van der Waals surface area contributed by atoms with Crippen LogP contribution in [0.25, 0.3) is 10.2 Å². The highest BCUT2D eigenvalue weighted by Crippen LogP contribution is 2.28. The summed E-state index contributed by atoms with van der Waals surface area (Å²) in [5, 5.41) is 6.06. The second-order valence-electron chi connectivity index (χ2n) is 6.42. The largest absolute Gasteiger partial charge is 0.333 e. The third-order valence-corrected chi connectivity index (χ3v) is 5.38. The lowest BCUT2D eigenvalue weighted by Gasteiger charge is -2.17. The van der Waals surface area contributed by atoms with E-state index in [2.05, 4.69) is 15.6 Å². The van der Waals surface area contributed by atoms with Gasteiger partial charge in [-0.1, -0.05) is 23.5 Å². The van der Waals surface area contributed by atoms with E-state index < -0.39 is 6.03 Å². The molecule has 1 fully saturated rings. The van der Waals surface area contributed by atoms with Crippen LogP contribution in [0.5, 0.6) is 0 Å². The molecule has 0 aliphatic carbocycles. The Morgan fingerprint density at radius 3 is 2.78 bits per heavy atom. The highest BCUT2D eigenvalue weighted by Gasteiger charge is 2.31. The van der Waals surface area contributed by atoms with Gasteiger partial charge >= 0.3 is 6.03 Å². The standard InChI is InChI=1S/C19H17FN4O2S/c1-11-3-2-4-15-17(11)22-19(27-15)23-18(26)21-13-9-16(25)24(10-13)14-7-5-12(20)6-8-14/h2-8,13H,9-10H2,1H3,(H2,21,22,23,26)/t13-/m1/s1. The summed E-state index contributed by atoms with van der Waals surface area (Å²) in [7, 11) is 0. The topological polar surface area (TPSA) is 74.3 Å². The molecule has 1 saturated heterocycles. The molecule has 1 aliphatic heterocycles. The number of thiazole rings is 1. The summed E-state index contributed by atoms with van der Waals surface area (Å²) in [5.74, 6) is -0.465. The van der Waals surface area contributed by atoms with Crippen LogP contribution in [0, 0.1) is 12.7 Å². The third kappa shape index (κ3) is 3.61. The monoisotopic (exact) mass is 384 g/mol. The van der Waals surface area contributed by atoms with Crippen molar-refractivity contribution >= 4 is 44.3 Å². The van der Waals surface area contributed by atoms with Crippen molar-refractivity contribution in [2.75, 3.05) is 16.8 Å². The fourth-order valence-electron chi connectivity index (χ4n) is 3.13. The maximum absolute atomic E-state index is 13.1. The van der Waals surface area contributed by atoms with Gasteiger partial charge < -0.3 is 10.2 Å². The number of carbonyl (C=O) groups is 2. The van der Waals surface area contributed by atoms with Crippen LogP contribution in [0.15, 0.2) is 42.5 Å². The van der Waals surface area contributed by atoms with Crippen LogP contribution in [0.1, 0.15) is 12.0 Å². The zero-order valence-electron chi connectivity index (χ0n) is 14.5. The van der Waals surface area contributed by atoms with Gasteiger partial charge in [0.2, 0.25) is 5.91 Å². The van der Waals surface area contributed by atoms with Crippen LogP contribution in [0.4, 0.5) is 20.0 Å². The molecular formula is C19H17FN4O2S. The smallest absolute Gasteiger partial charge is 0.321 e. The van der Waals surface area contributed by atoms with Gasteiger partial charge in [-0.2, -0.15) is 0 Å². The molecule has 0 radical (unpaired) electrons. The molecule has 0 saturated carbocycles. The Bertz CT molecular complexity index is 1020. The molecule has 6 nitrogen and oxygen atoms in total. The number of fused-ring (bicyclic) bond motifs is 1. The minimum absolute atomic E-state index is 0.109. The van der Waals surface area contributed by atoms with Gasteiger partial charge in [-0.05, 0) is 42.8 Å². The molecule has 27 heavy (non-hydrogen) atoms. The summed E-state index contributed by atoms with van der Waals surface area (Å²) < 4.78 is 14.1. The molecule has 0 unspecified atom stereocenters. The van der Waals surface area contributed by atoms with Crippen molar-refractivity contribution in [1.29, 1.82) is 0 Å². The van der Waals surface area contributed by atoms with Crippen molar-refractivity contribution in [3.05, 3.63) is 53.8 Å². The number of nitrogens with zero attached hydrogens (tertiary/aromatic N) is 2. The van der Waals surface area contributed by atoms with E-state index >= 15 is 0 Å². The third-order valence-electron chi connectivity index (χ3n) is 4.44. The van der Waals surface area contributed by atoms with Crippen LogP contribution in [0.3, 0.4) is 0 Å². The highest BCUT2D eigenvalue weighted by atomic mass is 32.1. The zero-order valence-corrected chi connectivity index (χ0v) is 15.3. The Balaban J connectivity index is 1.40. The lowest BCUT2D eigenvalue weighted by Crippen LogP contribution is -2.39. The number of rotatable bonds is 3. The first-order valence-corrected chi connectivity index (χ1v) is 9.31. The second-order valence-corrected chi connectivity index (χ2v) is 7.45. The van der Waals surface area contributed by atoms with E-state index in [4.69, 9.17) is 0 Å².